The zero-order valence-corrected chi connectivity index (χ0v) is 14.9. The molecule has 0 aliphatic carbocycles. The molecular formula is C20H34N4. The van der Waals surface area contributed by atoms with Crippen molar-refractivity contribution in [2.75, 3.05) is 13.1 Å². The Labute approximate surface area is 146 Å². The zero-order chi connectivity index (χ0) is 16.7. The van der Waals surface area contributed by atoms with Crippen LogP contribution in [-0.4, -0.2) is 23.1 Å². The summed E-state index contributed by atoms with van der Waals surface area (Å²) in [7, 11) is 0. The first-order valence-electron chi connectivity index (χ1n) is 9.61. The Kier molecular flexibility index (Phi) is 10.1. The Morgan fingerprint density at radius 2 is 1.00 bits per heavy atom. The van der Waals surface area contributed by atoms with Crippen LogP contribution < -0.4 is 10.6 Å². The maximum Gasteiger partial charge on any atom is 0.0357 e. The van der Waals surface area contributed by atoms with E-state index in [0.29, 0.717) is 0 Å². The van der Waals surface area contributed by atoms with Crippen LogP contribution in [0.3, 0.4) is 0 Å². The van der Waals surface area contributed by atoms with E-state index >= 15 is 0 Å². The molecule has 0 fully saturated rings. The van der Waals surface area contributed by atoms with Gasteiger partial charge in [-0.15, -0.1) is 0 Å². The average molecular weight is 331 g/mol. The lowest BCUT2D eigenvalue weighted by molar-refractivity contribution is 0.538. The third-order valence-corrected chi connectivity index (χ3v) is 4.41. The van der Waals surface area contributed by atoms with Crippen LogP contribution in [0.5, 0.6) is 0 Å². The molecular weight excluding hydrogens is 296 g/mol. The van der Waals surface area contributed by atoms with Gasteiger partial charge in [0.2, 0.25) is 0 Å². The van der Waals surface area contributed by atoms with E-state index < -0.39 is 0 Å². The van der Waals surface area contributed by atoms with E-state index in [-0.39, 0.29) is 0 Å². The molecule has 0 bridgehead atoms. The highest BCUT2D eigenvalue weighted by Crippen LogP contribution is 2.08. The number of hydrogen-bond acceptors (Lipinski definition) is 2. The second-order valence-electron chi connectivity index (χ2n) is 6.57. The molecule has 4 heteroatoms. The van der Waals surface area contributed by atoms with Crippen molar-refractivity contribution >= 4 is 0 Å². The van der Waals surface area contributed by atoms with E-state index in [1.807, 2.05) is 12.4 Å². The molecule has 2 heterocycles. The van der Waals surface area contributed by atoms with Crippen molar-refractivity contribution in [2.45, 2.75) is 64.5 Å². The fourth-order valence-corrected chi connectivity index (χ4v) is 2.96. The van der Waals surface area contributed by atoms with Crippen molar-refractivity contribution in [3.8, 4) is 0 Å². The second kappa shape index (κ2) is 12.8. The molecule has 24 heavy (non-hydrogen) atoms. The van der Waals surface area contributed by atoms with Crippen LogP contribution >= 0.6 is 0 Å². The molecule has 4 nitrogen and oxygen atoms in total. The van der Waals surface area contributed by atoms with Gasteiger partial charge in [-0.1, -0.05) is 38.5 Å². The van der Waals surface area contributed by atoms with Crippen molar-refractivity contribution in [1.82, 2.24) is 20.6 Å². The third kappa shape index (κ3) is 8.94. The average Bonchev–Trinajstić information content (AvgIpc) is 3.28. The minimum atomic E-state index is 0.963. The van der Waals surface area contributed by atoms with Crippen LogP contribution in [0.2, 0.25) is 0 Å². The van der Waals surface area contributed by atoms with Crippen LogP contribution in [0.25, 0.3) is 0 Å². The molecule has 4 N–H and O–H groups in total. The Morgan fingerprint density at radius 3 is 1.38 bits per heavy atom. The van der Waals surface area contributed by atoms with Gasteiger partial charge in [0.05, 0.1) is 0 Å². The lowest BCUT2D eigenvalue weighted by atomic mass is 10.1. The van der Waals surface area contributed by atoms with E-state index in [9.17, 15) is 0 Å². The summed E-state index contributed by atoms with van der Waals surface area (Å²) in [5.41, 5.74) is 2.55. The SMILES string of the molecule is c1c[nH]c(CNCCCCCCCCCCNCc2ccc[nH]2)c1. The first-order valence-corrected chi connectivity index (χ1v) is 9.61. The molecule has 0 aliphatic rings. The van der Waals surface area contributed by atoms with Crippen molar-refractivity contribution in [3.05, 3.63) is 48.0 Å². The predicted molar refractivity (Wildman–Crippen MR) is 102 cm³/mol. The number of aromatic amines is 2. The van der Waals surface area contributed by atoms with Gasteiger partial charge in [0.25, 0.3) is 0 Å². The zero-order valence-electron chi connectivity index (χ0n) is 14.9. The van der Waals surface area contributed by atoms with Gasteiger partial charge >= 0.3 is 0 Å². The van der Waals surface area contributed by atoms with E-state index in [1.165, 1.54) is 62.8 Å². The summed E-state index contributed by atoms with van der Waals surface area (Å²) >= 11 is 0. The lowest BCUT2D eigenvalue weighted by Gasteiger charge is -2.05. The number of nitrogens with one attached hydrogen (secondary N) is 4. The second-order valence-corrected chi connectivity index (χ2v) is 6.57. The summed E-state index contributed by atoms with van der Waals surface area (Å²) in [6, 6.07) is 8.36. The summed E-state index contributed by atoms with van der Waals surface area (Å²) in [4.78, 5) is 6.44. The molecule has 2 aromatic heterocycles. The Morgan fingerprint density at radius 1 is 0.583 bits per heavy atom. The van der Waals surface area contributed by atoms with Gasteiger partial charge in [-0.05, 0) is 50.2 Å². The minimum absolute atomic E-state index is 0.963. The molecule has 0 aliphatic heterocycles. The standard InChI is InChI=1S/C20H34N4/c1(3-5-7-13-21-17-19-11-9-15-23-19)2-4-6-8-14-22-18-20-12-10-16-24-20/h9-12,15-16,21-24H,1-8,13-14,17-18H2. The van der Waals surface area contributed by atoms with Gasteiger partial charge in [0.1, 0.15) is 0 Å². The molecule has 0 aromatic carbocycles. The van der Waals surface area contributed by atoms with Crippen LogP contribution in [-0.2, 0) is 13.1 Å². The molecule has 2 rings (SSSR count). The largest absolute Gasteiger partial charge is 0.364 e. The van der Waals surface area contributed by atoms with Crippen molar-refractivity contribution in [3.63, 3.8) is 0 Å². The highest BCUT2D eigenvalue weighted by Gasteiger charge is 1.95. The van der Waals surface area contributed by atoms with E-state index in [0.717, 1.165) is 26.2 Å². The fraction of sp³-hybridized carbons (Fsp3) is 0.600. The molecule has 0 atom stereocenters. The van der Waals surface area contributed by atoms with Crippen LogP contribution in [0, 0.1) is 0 Å². The molecule has 2 aromatic rings. The summed E-state index contributed by atoms with van der Waals surface area (Å²) in [5.74, 6) is 0. The lowest BCUT2D eigenvalue weighted by Crippen LogP contribution is -2.14. The number of rotatable bonds is 15. The van der Waals surface area contributed by atoms with E-state index in [4.69, 9.17) is 0 Å². The number of H-pyrrole nitrogens is 2. The van der Waals surface area contributed by atoms with Crippen LogP contribution in [0.1, 0.15) is 62.8 Å². The molecule has 0 radical (unpaired) electrons. The van der Waals surface area contributed by atoms with Gasteiger partial charge in [-0.3, -0.25) is 0 Å². The van der Waals surface area contributed by atoms with Crippen molar-refractivity contribution in [1.29, 1.82) is 0 Å². The summed E-state index contributed by atoms with van der Waals surface area (Å²) in [6.45, 7) is 4.19. The smallest absolute Gasteiger partial charge is 0.0357 e. The first kappa shape index (κ1) is 18.8. The Bertz CT molecular complexity index is 429. The highest BCUT2D eigenvalue weighted by atomic mass is 14.9. The van der Waals surface area contributed by atoms with Gasteiger partial charge in [-0.25, -0.2) is 0 Å². The summed E-state index contributed by atoms with van der Waals surface area (Å²) in [6.07, 6.45) is 14.8. The molecule has 0 amide bonds. The molecule has 0 spiro atoms. The van der Waals surface area contributed by atoms with Crippen molar-refractivity contribution < 1.29 is 0 Å². The molecule has 0 saturated carbocycles. The maximum atomic E-state index is 3.49. The maximum absolute atomic E-state index is 3.49. The molecule has 0 saturated heterocycles. The van der Waals surface area contributed by atoms with Gasteiger partial charge < -0.3 is 20.6 Å². The quantitative estimate of drug-likeness (QED) is 0.367. The van der Waals surface area contributed by atoms with Gasteiger partial charge in [0.15, 0.2) is 0 Å². The third-order valence-electron chi connectivity index (χ3n) is 4.41. The van der Waals surface area contributed by atoms with Gasteiger partial charge in [0, 0.05) is 36.9 Å². The topological polar surface area (TPSA) is 55.6 Å². The molecule has 0 unspecified atom stereocenters. The summed E-state index contributed by atoms with van der Waals surface area (Å²) < 4.78 is 0. The Balaban J connectivity index is 1.25. The normalized spacial score (nSPS) is 11.2. The van der Waals surface area contributed by atoms with Crippen LogP contribution in [0.15, 0.2) is 36.7 Å². The summed E-state index contributed by atoms with van der Waals surface area (Å²) in [5, 5.41) is 6.98. The van der Waals surface area contributed by atoms with E-state index in [1.54, 1.807) is 0 Å². The number of hydrogen-bond donors (Lipinski definition) is 4. The first-order chi connectivity index (χ1) is 11.9. The monoisotopic (exact) mass is 330 g/mol. The highest BCUT2D eigenvalue weighted by molar-refractivity contribution is 5.03. The fourth-order valence-electron chi connectivity index (χ4n) is 2.96. The van der Waals surface area contributed by atoms with Crippen molar-refractivity contribution in [2.24, 2.45) is 0 Å². The number of unbranched alkanes of at least 4 members (excludes halogenated alkanes) is 7. The molecule has 134 valence electrons. The van der Waals surface area contributed by atoms with E-state index in [2.05, 4.69) is 44.9 Å². The Hall–Kier alpha value is -1.52. The predicted octanol–water partition coefficient (Wildman–Crippen LogP) is 4.34. The van der Waals surface area contributed by atoms with Crippen LogP contribution in [0.4, 0.5) is 0 Å². The minimum Gasteiger partial charge on any atom is -0.364 e. The number of aromatic nitrogens is 2. The van der Waals surface area contributed by atoms with Gasteiger partial charge in [-0.2, -0.15) is 0 Å².